The number of hydrogen-bond acceptors (Lipinski definition) is 5. The Labute approximate surface area is 188 Å². The first-order valence-corrected chi connectivity index (χ1v) is 9.84. The molecule has 3 rings (SSSR count). The van der Waals surface area contributed by atoms with Crippen LogP contribution in [0.3, 0.4) is 0 Å². The number of ether oxygens (including phenoxy) is 2. The lowest BCUT2D eigenvalue weighted by molar-refractivity contribution is -0.129. The number of urea groups is 1. The number of amides is 4. The van der Waals surface area contributed by atoms with Crippen LogP contribution in [0.15, 0.2) is 54.6 Å². The second kappa shape index (κ2) is 9.68. The molecule has 1 aliphatic rings. The van der Waals surface area contributed by atoms with Crippen LogP contribution < -0.4 is 14.8 Å². The molecule has 1 N–H and O–H groups in total. The minimum atomic E-state index is -0.801. The molecule has 1 heterocycles. The Kier molecular flexibility index (Phi) is 6.99. The van der Waals surface area contributed by atoms with Crippen LogP contribution in [0.1, 0.15) is 11.1 Å². The maximum Gasteiger partial charge on any atom is 0.331 e. The van der Waals surface area contributed by atoms with Crippen molar-refractivity contribution < 1.29 is 23.9 Å². The number of imide groups is 2. The number of nitrogens with zero attached hydrogens (tertiary/aromatic N) is 1. The van der Waals surface area contributed by atoms with Gasteiger partial charge in [-0.25, -0.2) is 4.79 Å². The summed E-state index contributed by atoms with van der Waals surface area (Å²) in [6, 6.07) is 9.24. The number of benzene rings is 2. The summed E-state index contributed by atoms with van der Waals surface area (Å²) in [5, 5.41) is 3.07. The Morgan fingerprint density at radius 1 is 1.16 bits per heavy atom. The third-order valence-electron chi connectivity index (χ3n) is 4.41. The fourth-order valence-electron chi connectivity index (χ4n) is 2.89. The number of halogens is 2. The van der Waals surface area contributed by atoms with Gasteiger partial charge in [0.25, 0.3) is 11.8 Å². The third-order valence-corrected chi connectivity index (χ3v) is 5.00. The molecule has 1 saturated heterocycles. The molecule has 160 valence electrons. The number of carbonyl (C=O) groups is 3. The molecule has 0 radical (unpaired) electrons. The number of rotatable bonds is 7. The zero-order chi connectivity index (χ0) is 22.5. The fourth-order valence-corrected chi connectivity index (χ4v) is 3.36. The smallest absolute Gasteiger partial charge is 0.331 e. The van der Waals surface area contributed by atoms with Gasteiger partial charge in [-0.2, -0.15) is 0 Å². The molecule has 0 atom stereocenters. The van der Waals surface area contributed by atoms with Gasteiger partial charge in [0.05, 0.1) is 7.11 Å². The third kappa shape index (κ3) is 4.90. The molecular weight excluding hydrogens is 443 g/mol. The predicted octanol–water partition coefficient (Wildman–Crippen LogP) is 4.23. The van der Waals surface area contributed by atoms with Crippen molar-refractivity contribution in [3.63, 3.8) is 0 Å². The van der Waals surface area contributed by atoms with Gasteiger partial charge in [-0.15, -0.1) is 6.58 Å². The minimum Gasteiger partial charge on any atom is -0.493 e. The van der Waals surface area contributed by atoms with E-state index in [4.69, 9.17) is 32.7 Å². The molecule has 1 fully saturated rings. The minimum absolute atomic E-state index is 0.0359. The lowest BCUT2D eigenvalue weighted by Crippen LogP contribution is -2.54. The number of barbiturate groups is 1. The molecule has 7 nitrogen and oxygen atoms in total. The average Bonchev–Trinajstić information content (AvgIpc) is 2.73. The van der Waals surface area contributed by atoms with Gasteiger partial charge in [0.2, 0.25) is 0 Å². The lowest BCUT2D eigenvalue weighted by Gasteiger charge is -2.25. The van der Waals surface area contributed by atoms with Crippen LogP contribution in [-0.2, 0) is 16.2 Å². The van der Waals surface area contributed by atoms with Gasteiger partial charge in [-0.3, -0.25) is 19.8 Å². The van der Waals surface area contributed by atoms with Gasteiger partial charge in [0, 0.05) is 27.7 Å². The Morgan fingerprint density at radius 3 is 2.61 bits per heavy atom. The molecule has 0 saturated carbocycles. The molecule has 2 aromatic rings. The van der Waals surface area contributed by atoms with E-state index >= 15 is 0 Å². The molecule has 1 aliphatic heterocycles. The van der Waals surface area contributed by atoms with Gasteiger partial charge in [0.15, 0.2) is 11.5 Å². The highest BCUT2D eigenvalue weighted by Crippen LogP contribution is 2.34. The van der Waals surface area contributed by atoms with Crippen LogP contribution in [-0.4, -0.2) is 36.4 Å². The highest BCUT2D eigenvalue weighted by molar-refractivity contribution is 6.35. The number of hydrogen-bond donors (Lipinski definition) is 1. The number of para-hydroxylation sites is 1. The average molecular weight is 461 g/mol. The molecule has 4 amide bonds. The summed E-state index contributed by atoms with van der Waals surface area (Å²) < 4.78 is 11.3. The molecule has 2 aromatic carbocycles. The summed E-state index contributed by atoms with van der Waals surface area (Å²) >= 11 is 12.1. The van der Waals surface area contributed by atoms with E-state index in [1.165, 1.54) is 19.3 Å². The quantitative estimate of drug-likeness (QED) is 0.379. The summed E-state index contributed by atoms with van der Waals surface area (Å²) in [6.07, 6.45) is 2.74. The van der Waals surface area contributed by atoms with Crippen molar-refractivity contribution in [2.24, 2.45) is 0 Å². The van der Waals surface area contributed by atoms with E-state index in [0.29, 0.717) is 32.7 Å². The Morgan fingerprint density at radius 2 is 1.94 bits per heavy atom. The van der Waals surface area contributed by atoms with Crippen molar-refractivity contribution in [3.05, 3.63) is 75.8 Å². The van der Waals surface area contributed by atoms with Crippen LogP contribution in [0.4, 0.5) is 4.79 Å². The molecule has 0 bridgehead atoms. The van der Waals surface area contributed by atoms with Crippen molar-refractivity contribution in [3.8, 4) is 11.5 Å². The maximum absolute atomic E-state index is 12.7. The fraction of sp³-hybridized carbons (Fsp3) is 0.136. The predicted molar refractivity (Wildman–Crippen MR) is 117 cm³/mol. The first-order valence-electron chi connectivity index (χ1n) is 9.09. The van der Waals surface area contributed by atoms with Crippen LogP contribution in [0.25, 0.3) is 6.08 Å². The largest absolute Gasteiger partial charge is 0.493 e. The second-order valence-electron chi connectivity index (χ2n) is 6.42. The van der Waals surface area contributed by atoms with E-state index in [0.717, 1.165) is 4.90 Å². The molecule has 0 aromatic heterocycles. The van der Waals surface area contributed by atoms with Crippen LogP contribution in [0.2, 0.25) is 10.0 Å². The van der Waals surface area contributed by atoms with Crippen molar-refractivity contribution >= 4 is 47.1 Å². The Hall–Kier alpha value is -3.29. The van der Waals surface area contributed by atoms with Gasteiger partial charge >= 0.3 is 6.03 Å². The summed E-state index contributed by atoms with van der Waals surface area (Å²) in [6.45, 7) is 3.58. The van der Waals surface area contributed by atoms with Gasteiger partial charge < -0.3 is 9.47 Å². The number of nitrogens with one attached hydrogen (secondary N) is 1. The van der Waals surface area contributed by atoms with E-state index in [9.17, 15) is 14.4 Å². The molecule has 0 spiro atoms. The number of carbonyl (C=O) groups excluding carboxylic acids is 3. The summed E-state index contributed by atoms with van der Waals surface area (Å²) in [7, 11) is 1.47. The van der Waals surface area contributed by atoms with E-state index in [1.54, 1.807) is 36.4 Å². The number of methoxy groups -OCH3 is 1. The first-order chi connectivity index (χ1) is 14.8. The molecule has 9 heteroatoms. The van der Waals surface area contributed by atoms with E-state index in [1.807, 2.05) is 0 Å². The van der Waals surface area contributed by atoms with Crippen LogP contribution in [0.5, 0.6) is 11.5 Å². The molecule has 31 heavy (non-hydrogen) atoms. The maximum atomic E-state index is 12.7. The topological polar surface area (TPSA) is 84.9 Å². The van der Waals surface area contributed by atoms with Crippen LogP contribution in [0, 0.1) is 0 Å². The van der Waals surface area contributed by atoms with E-state index in [2.05, 4.69) is 11.9 Å². The lowest BCUT2D eigenvalue weighted by atomic mass is 10.1. The normalized spacial score (nSPS) is 15.1. The summed E-state index contributed by atoms with van der Waals surface area (Å²) in [5.41, 5.74) is 0.879. The highest BCUT2D eigenvalue weighted by atomic mass is 35.5. The van der Waals surface area contributed by atoms with Gasteiger partial charge in [-0.05, 0) is 24.3 Å². The molecule has 0 unspecified atom stereocenters. The zero-order valence-corrected chi connectivity index (χ0v) is 18.0. The Bertz CT molecular complexity index is 1100. The van der Waals surface area contributed by atoms with E-state index in [-0.39, 0.29) is 18.7 Å². The van der Waals surface area contributed by atoms with Crippen LogP contribution >= 0.6 is 23.2 Å². The van der Waals surface area contributed by atoms with Crippen molar-refractivity contribution in [1.82, 2.24) is 10.2 Å². The molecular formula is C22H18Cl2N2O5. The van der Waals surface area contributed by atoms with E-state index < -0.39 is 17.8 Å². The van der Waals surface area contributed by atoms with Crippen molar-refractivity contribution in [2.45, 2.75) is 6.61 Å². The van der Waals surface area contributed by atoms with Crippen molar-refractivity contribution in [1.29, 1.82) is 0 Å². The standard InChI is InChI=1S/C22H18Cl2N2O5/c1-3-9-26-21(28)16(20(27)25-22(26)29)10-13-5-4-6-18(30-2)19(13)31-12-14-7-8-15(23)11-17(14)24/h3-8,10-11H,1,9,12H2,2H3,(H,25,27,29)/b16-10-. The SMILES string of the molecule is C=CCN1C(=O)NC(=O)/C(=C/c2cccc(OC)c2OCc2ccc(Cl)cc2Cl)C1=O. The highest BCUT2D eigenvalue weighted by Gasteiger charge is 2.35. The van der Waals surface area contributed by atoms with Gasteiger partial charge in [0.1, 0.15) is 12.2 Å². The summed E-state index contributed by atoms with van der Waals surface area (Å²) in [5.74, 6) is -0.841. The van der Waals surface area contributed by atoms with Crippen molar-refractivity contribution in [2.75, 3.05) is 13.7 Å². The summed E-state index contributed by atoms with van der Waals surface area (Å²) in [4.78, 5) is 37.8. The van der Waals surface area contributed by atoms with Gasteiger partial charge in [-0.1, -0.05) is 47.5 Å². The Balaban J connectivity index is 1.97. The monoisotopic (exact) mass is 460 g/mol. The second-order valence-corrected chi connectivity index (χ2v) is 7.27. The zero-order valence-electron chi connectivity index (χ0n) is 16.5. The molecule has 0 aliphatic carbocycles. The first kappa shape index (κ1) is 22.4.